The second kappa shape index (κ2) is 6.66. The second-order valence-corrected chi connectivity index (χ2v) is 3.29. The zero-order chi connectivity index (χ0) is 10.3. The smallest absolute Gasteiger partial charge is 0.130 e. The molecule has 0 aromatic heterocycles. The Labute approximate surface area is 80.8 Å². The van der Waals surface area contributed by atoms with E-state index in [4.69, 9.17) is 0 Å². The molecule has 0 aromatic carbocycles. The molecule has 0 atom stereocenters. The van der Waals surface area contributed by atoms with Crippen LogP contribution in [0.3, 0.4) is 0 Å². The maximum Gasteiger partial charge on any atom is 0.130 e. The summed E-state index contributed by atoms with van der Waals surface area (Å²) in [5, 5.41) is 3.07. The van der Waals surface area contributed by atoms with Crippen LogP contribution in [-0.4, -0.2) is 37.9 Å². The van der Waals surface area contributed by atoms with Gasteiger partial charge in [-0.1, -0.05) is 6.58 Å². The van der Waals surface area contributed by atoms with Crippen LogP contribution in [0.1, 0.15) is 19.8 Å². The molecule has 0 radical (unpaired) electrons. The van der Waals surface area contributed by atoms with Crippen molar-refractivity contribution < 1.29 is 4.79 Å². The van der Waals surface area contributed by atoms with Gasteiger partial charge in [0.2, 0.25) is 0 Å². The fourth-order valence-corrected chi connectivity index (χ4v) is 0.949. The number of ketones is 1. The van der Waals surface area contributed by atoms with Crippen molar-refractivity contribution in [2.75, 3.05) is 27.2 Å². The Morgan fingerprint density at radius 2 is 2.08 bits per heavy atom. The number of nitrogens with one attached hydrogen (secondary N) is 1. The third-order valence-electron chi connectivity index (χ3n) is 2.00. The minimum Gasteiger partial charge on any atom is -0.377 e. The first-order chi connectivity index (χ1) is 6.07. The molecular formula is C10H20N2O. The summed E-state index contributed by atoms with van der Waals surface area (Å²) < 4.78 is 0. The van der Waals surface area contributed by atoms with Crippen LogP contribution in [0.2, 0.25) is 0 Å². The lowest BCUT2D eigenvalue weighted by Gasteiger charge is -2.21. The van der Waals surface area contributed by atoms with E-state index in [-0.39, 0.29) is 5.78 Å². The Bertz CT molecular complexity index is 178. The number of carbonyl (C=O) groups is 1. The van der Waals surface area contributed by atoms with Gasteiger partial charge in [-0.15, -0.1) is 0 Å². The third kappa shape index (κ3) is 6.34. The van der Waals surface area contributed by atoms with Crippen molar-refractivity contribution >= 4 is 5.78 Å². The summed E-state index contributed by atoms with van der Waals surface area (Å²) >= 11 is 0. The molecule has 0 aliphatic carbocycles. The lowest BCUT2D eigenvalue weighted by Crippen LogP contribution is -2.26. The summed E-state index contributed by atoms with van der Waals surface area (Å²) in [6, 6.07) is 0. The summed E-state index contributed by atoms with van der Waals surface area (Å²) in [5.74, 6) is 0.225. The van der Waals surface area contributed by atoms with E-state index in [1.54, 1.807) is 6.92 Å². The number of carbonyl (C=O) groups excluding carboxylic acids is 1. The van der Waals surface area contributed by atoms with Crippen LogP contribution < -0.4 is 5.32 Å². The predicted octanol–water partition coefficient (Wildman–Crippen LogP) is 1.02. The molecule has 1 N–H and O–H groups in total. The second-order valence-electron chi connectivity index (χ2n) is 3.29. The Morgan fingerprint density at radius 1 is 1.46 bits per heavy atom. The van der Waals surface area contributed by atoms with Crippen LogP contribution in [0.5, 0.6) is 0 Å². The monoisotopic (exact) mass is 184 g/mol. The normalized spacial score (nSPS) is 9.77. The van der Waals surface area contributed by atoms with Gasteiger partial charge in [0.1, 0.15) is 5.78 Å². The van der Waals surface area contributed by atoms with E-state index in [0.29, 0.717) is 6.42 Å². The van der Waals surface area contributed by atoms with E-state index in [1.165, 1.54) is 0 Å². The molecule has 0 unspecified atom stereocenters. The van der Waals surface area contributed by atoms with Crippen LogP contribution in [0.25, 0.3) is 0 Å². The molecule has 0 amide bonds. The predicted molar refractivity (Wildman–Crippen MR) is 55.6 cm³/mol. The van der Waals surface area contributed by atoms with E-state index in [2.05, 4.69) is 16.8 Å². The summed E-state index contributed by atoms with van der Waals surface area (Å²) in [4.78, 5) is 12.8. The average molecular weight is 184 g/mol. The summed E-state index contributed by atoms with van der Waals surface area (Å²) in [6.45, 7) is 7.42. The molecule has 76 valence electrons. The Balaban J connectivity index is 3.63. The molecule has 0 bridgehead atoms. The van der Waals surface area contributed by atoms with Crippen LogP contribution in [-0.2, 0) is 4.79 Å². The third-order valence-corrected chi connectivity index (χ3v) is 2.00. The van der Waals surface area contributed by atoms with Crippen LogP contribution in [0.15, 0.2) is 12.3 Å². The molecule has 0 aliphatic rings. The van der Waals surface area contributed by atoms with E-state index in [0.717, 1.165) is 25.2 Å². The van der Waals surface area contributed by atoms with Crippen molar-refractivity contribution in [3.63, 3.8) is 0 Å². The summed E-state index contributed by atoms with van der Waals surface area (Å²) in [5.41, 5.74) is 1.03. The van der Waals surface area contributed by atoms with Gasteiger partial charge in [0.05, 0.1) is 0 Å². The maximum atomic E-state index is 10.7. The van der Waals surface area contributed by atoms with Crippen molar-refractivity contribution in [2.45, 2.75) is 19.8 Å². The molecule has 3 nitrogen and oxygen atoms in total. The van der Waals surface area contributed by atoms with Crippen molar-refractivity contribution in [1.82, 2.24) is 10.2 Å². The molecule has 3 heteroatoms. The standard InChI is InChI=1S/C10H20N2O/c1-9(5-6-10(2)13)12(4)8-7-11-3/h11H,1,5-8H2,2-4H3. The van der Waals surface area contributed by atoms with Crippen molar-refractivity contribution in [1.29, 1.82) is 0 Å². The molecular weight excluding hydrogens is 164 g/mol. The van der Waals surface area contributed by atoms with E-state index in [1.807, 2.05) is 14.1 Å². The highest BCUT2D eigenvalue weighted by Crippen LogP contribution is 2.06. The lowest BCUT2D eigenvalue weighted by atomic mass is 10.2. The van der Waals surface area contributed by atoms with E-state index >= 15 is 0 Å². The van der Waals surface area contributed by atoms with Gasteiger partial charge < -0.3 is 15.0 Å². The van der Waals surface area contributed by atoms with Crippen LogP contribution >= 0.6 is 0 Å². The van der Waals surface area contributed by atoms with Gasteiger partial charge in [0, 0.05) is 32.3 Å². The summed E-state index contributed by atoms with van der Waals surface area (Å²) in [7, 11) is 3.92. The van der Waals surface area contributed by atoms with E-state index in [9.17, 15) is 4.79 Å². The van der Waals surface area contributed by atoms with E-state index < -0.39 is 0 Å². The van der Waals surface area contributed by atoms with Gasteiger partial charge in [-0.05, 0) is 20.4 Å². The zero-order valence-corrected chi connectivity index (χ0v) is 8.89. The first kappa shape index (κ1) is 12.2. The SMILES string of the molecule is C=C(CCC(C)=O)N(C)CCNC. The van der Waals surface area contributed by atoms with Crippen LogP contribution in [0, 0.1) is 0 Å². The topological polar surface area (TPSA) is 32.3 Å². The number of nitrogens with zero attached hydrogens (tertiary/aromatic N) is 1. The van der Waals surface area contributed by atoms with Crippen molar-refractivity contribution in [2.24, 2.45) is 0 Å². The molecule has 0 heterocycles. The minimum atomic E-state index is 0.225. The first-order valence-corrected chi connectivity index (χ1v) is 4.61. The highest BCUT2D eigenvalue weighted by molar-refractivity contribution is 5.75. The highest BCUT2D eigenvalue weighted by Gasteiger charge is 2.02. The Hall–Kier alpha value is -0.830. The molecule has 0 spiro atoms. The van der Waals surface area contributed by atoms with Crippen molar-refractivity contribution in [3.05, 3.63) is 12.3 Å². The molecule has 0 saturated heterocycles. The number of hydrogen-bond acceptors (Lipinski definition) is 3. The fourth-order valence-electron chi connectivity index (χ4n) is 0.949. The first-order valence-electron chi connectivity index (χ1n) is 4.61. The zero-order valence-electron chi connectivity index (χ0n) is 8.89. The Kier molecular flexibility index (Phi) is 6.24. The number of likely N-dealkylation sites (N-methyl/N-ethyl adjacent to an activating group) is 2. The molecule has 0 saturated carbocycles. The molecule has 0 fully saturated rings. The van der Waals surface area contributed by atoms with Crippen molar-refractivity contribution in [3.8, 4) is 0 Å². The van der Waals surface area contributed by atoms with Crippen LogP contribution in [0.4, 0.5) is 0 Å². The highest BCUT2D eigenvalue weighted by atomic mass is 16.1. The molecule has 0 aromatic rings. The lowest BCUT2D eigenvalue weighted by molar-refractivity contribution is -0.117. The number of rotatable bonds is 7. The van der Waals surface area contributed by atoms with Gasteiger partial charge >= 0.3 is 0 Å². The van der Waals surface area contributed by atoms with Gasteiger partial charge in [-0.2, -0.15) is 0 Å². The minimum absolute atomic E-state index is 0.225. The number of hydrogen-bond donors (Lipinski definition) is 1. The van der Waals surface area contributed by atoms with Gasteiger partial charge in [-0.25, -0.2) is 0 Å². The molecule has 13 heavy (non-hydrogen) atoms. The van der Waals surface area contributed by atoms with Gasteiger partial charge in [0.15, 0.2) is 0 Å². The molecule has 0 aliphatic heterocycles. The largest absolute Gasteiger partial charge is 0.377 e. The fraction of sp³-hybridized carbons (Fsp3) is 0.700. The maximum absolute atomic E-state index is 10.7. The number of Topliss-reactive ketones (excluding diaryl/α,β-unsaturated/α-hetero) is 1. The molecule has 0 rings (SSSR count). The van der Waals surface area contributed by atoms with Gasteiger partial charge in [-0.3, -0.25) is 0 Å². The number of allylic oxidation sites excluding steroid dienone is 1. The Morgan fingerprint density at radius 3 is 2.54 bits per heavy atom. The van der Waals surface area contributed by atoms with Gasteiger partial charge in [0.25, 0.3) is 0 Å². The quantitative estimate of drug-likeness (QED) is 0.641. The summed E-state index contributed by atoms with van der Waals surface area (Å²) in [6.07, 6.45) is 1.37. The average Bonchev–Trinajstić information content (AvgIpc) is 2.10.